The Labute approximate surface area is 347 Å². The molecule has 2 fully saturated rings. The zero-order valence-electron chi connectivity index (χ0n) is 35.5. The van der Waals surface area contributed by atoms with Gasteiger partial charge in [-0.3, -0.25) is 19.2 Å². The third-order valence-corrected chi connectivity index (χ3v) is 11.2. The summed E-state index contributed by atoms with van der Waals surface area (Å²) in [6.45, 7) is 9.18. The van der Waals surface area contributed by atoms with Crippen LogP contribution in [0.3, 0.4) is 0 Å². The van der Waals surface area contributed by atoms with Crippen LogP contribution in [0, 0.1) is 39.5 Å². The second kappa shape index (κ2) is 20.9. The van der Waals surface area contributed by atoms with Gasteiger partial charge in [-0.15, -0.1) is 0 Å². The van der Waals surface area contributed by atoms with Crippen molar-refractivity contribution in [2.75, 3.05) is 41.3 Å². The predicted octanol–water partition coefficient (Wildman–Crippen LogP) is 3.08. The largest absolute Gasteiger partial charge is 0.481 e. The maximum atomic E-state index is 12.6. The zero-order valence-corrected chi connectivity index (χ0v) is 35.5. The first-order valence-corrected chi connectivity index (χ1v) is 19.8. The Hall–Kier alpha value is -5.64. The minimum Gasteiger partial charge on any atom is -0.481 e. The first kappa shape index (κ1) is 46.1. The highest BCUT2D eigenvalue weighted by Crippen LogP contribution is 2.46. The molecule has 2 aromatic carbocycles. The summed E-state index contributed by atoms with van der Waals surface area (Å²) in [5.74, 6) is -0.201. The number of nitrogens with one attached hydrogen (secondary N) is 1. The number of carboxylic acid groups (broad SMARTS) is 1. The van der Waals surface area contributed by atoms with E-state index in [0.29, 0.717) is 42.5 Å². The average molecular weight is 809 g/mol. The van der Waals surface area contributed by atoms with Crippen LogP contribution < -0.4 is 22.5 Å². The van der Waals surface area contributed by atoms with Crippen LogP contribution in [0.1, 0.15) is 90.4 Å². The van der Waals surface area contributed by atoms with Crippen LogP contribution in [0.4, 0.5) is 0 Å². The first-order valence-electron chi connectivity index (χ1n) is 19.8. The number of carbonyl (C=O) groups is 4. The summed E-state index contributed by atoms with van der Waals surface area (Å²) >= 11 is 0. The molecule has 4 aromatic rings. The van der Waals surface area contributed by atoms with E-state index in [1.807, 2.05) is 80.2 Å². The topological polar surface area (TPSA) is 237 Å². The number of aryl methyl sites for hydroxylation is 4. The highest BCUT2D eigenvalue weighted by Gasteiger charge is 2.46. The summed E-state index contributed by atoms with van der Waals surface area (Å²) in [6, 6.07) is 11.3. The maximum Gasteiger partial charge on any atom is 0.307 e. The van der Waals surface area contributed by atoms with Gasteiger partial charge in [0.1, 0.15) is 11.6 Å². The maximum absolute atomic E-state index is 12.6. The normalized spacial score (nSPS) is 18.7. The number of aromatic nitrogens is 4. The van der Waals surface area contributed by atoms with Gasteiger partial charge in [-0.25, -0.2) is 19.9 Å². The van der Waals surface area contributed by atoms with Crippen molar-refractivity contribution < 1.29 is 24.3 Å². The number of primary amides is 2. The number of nitrogens with zero attached hydrogens (tertiary/aromatic N) is 6. The lowest BCUT2D eigenvalue weighted by Gasteiger charge is -2.26. The molecule has 15 nitrogen and oxygen atoms in total. The van der Waals surface area contributed by atoms with Crippen LogP contribution in [-0.2, 0) is 22.4 Å². The van der Waals surface area contributed by atoms with Crippen LogP contribution in [0.25, 0.3) is 0 Å². The number of amides is 3. The molecule has 0 aliphatic heterocycles. The molecule has 2 aromatic heterocycles. The Morgan fingerprint density at radius 3 is 1.39 bits per heavy atom. The zero-order chi connectivity index (χ0) is 43.6. The Morgan fingerprint density at radius 1 is 0.678 bits per heavy atom. The quantitative estimate of drug-likeness (QED) is 0.117. The van der Waals surface area contributed by atoms with Crippen molar-refractivity contribution in [3.63, 3.8) is 0 Å². The number of carboxylic acids is 1. The van der Waals surface area contributed by atoms with E-state index < -0.39 is 11.9 Å². The lowest BCUT2D eigenvalue weighted by Crippen LogP contribution is -2.42. The third kappa shape index (κ3) is 12.9. The van der Waals surface area contributed by atoms with E-state index in [-0.39, 0.29) is 41.5 Å². The smallest absolute Gasteiger partial charge is 0.307 e. The van der Waals surface area contributed by atoms with Gasteiger partial charge in [0.2, 0.25) is 17.7 Å². The number of hydrogen-bond donors (Lipinski definition) is 5. The number of likely N-dealkylation sites (N-methyl/N-ethyl adjacent to an activating group) is 2. The van der Waals surface area contributed by atoms with Gasteiger partial charge in [0.15, 0.2) is 0 Å². The third-order valence-electron chi connectivity index (χ3n) is 11.2. The Balaban J connectivity index is 0.000000217. The minimum absolute atomic E-state index is 0.0430. The molecule has 316 valence electrons. The van der Waals surface area contributed by atoms with Crippen molar-refractivity contribution in [3.8, 4) is 0 Å². The van der Waals surface area contributed by atoms with Crippen LogP contribution in [0.5, 0.6) is 0 Å². The van der Waals surface area contributed by atoms with E-state index >= 15 is 0 Å². The molecule has 6 atom stereocenters. The van der Waals surface area contributed by atoms with Crippen LogP contribution in [0.2, 0.25) is 0 Å². The van der Waals surface area contributed by atoms with E-state index in [4.69, 9.17) is 22.3 Å². The summed E-state index contributed by atoms with van der Waals surface area (Å²) in [5, 5.41) is 11.7. The fourth-order valence-corrected chi connectivity index (χ4v) is 7.18. The number of hydrogen-bond acceptors (Lipinski definition) is 11. The molecule has 0 saturated heterocycles. The lowest BCUT2D eigenvalue weighted by atomic mass is 9.93. The van der Waals surface area contributed by atoms with E-state index in [2.05, 4.69) is 35.1 Å². The summed E-state index contributed by atoms with van der Waals surface area (Å²) in [6.07, 6.45) is 9.85. The average Bonchev–Trinajstić information content (AvgIpc) is 4.13. The van der Waals surface area contributed by atoms with E-state index in [1.165, 1.54) is 11.1 Å². The molecule has 59 heavy (non-hydrogen) atoms. The number of carbonyl (C=O) groups excluding carboxylic acids is 3. The summed E-state index contributed by atoms with van der Waals surface area (Å²) in [7, 11) is 8.08. The summed E-state index contributed by atoms with van der Waals surface area (Å²) in [4.78, 5) is 66.5. The number of rotatable bonds is 15. The van der Waals surface area contributed by atoms with Crippen LogP contribution >= 0.6 is 0 Å². The van der Waals surface area contributed by atoms with Gasteiger partial charge < -0.3 is 37.4 Å². The van der Waals surface area contributed by atoms with E-state index in [9.17, 15) is 19.2 Å². The van der Waals surface area contributed by atoms with E-state index in [0.717, 1.165) is 47.3 Å². The van der Waals surface area contributed by atoms with Crippen molar-refractivity contribution >= 4 is 23.7 Å². The fraction of sp³-hybridized carbons (Fsp3) is 0.455. The summed E-state index contributed by atoms with van der Waals surface area (Å²) in [5.41, 5.74) is 24.3. The lowest BCUT2D eigenvalue weighted by molar-refractivity contribution is -0.138. The van der Waals surface area contributed by atoms with Gasteiger partial charge in [-0.2, -0.15) is 0 Å². The molecule has 2 aliphatic carbocycles. The van der Waals surface area contributed by atoms with Crippen molar-refractivity contribution in [3.05, 3.63) is 117 Å². The molecule has 8 N–H and O–H groups in total. The standard InChI is InChI=1S/C22H29N5O2.C14H23N3O.C8H8N2O2/c1-13-8-15(20(23)28)9-14(2)17(13)10-16(27(3)4)12-26-22(29)19-11-18(19)21-24-6-5-7-25-21;1-9-5-11(14(16)18)6-10(2)13(9)7-12(8-15)17(3)4;11-8(12)6-4-5(6)7-9-2-1-3-10-7/h5-9,16,18-19H,10-12H2,1-4H3,(H2,23,28)(H,26,29);5-6,12H,7-8,15H2,1-4H3,(H2,16,18);1-3,5-6H,4H2,(H,11,12)/t16-,18?,19?;12-;/m00./s1. The second-order valence-corrected chi connectivity index (χ2v) is 16.0. The highest BCUT2D eigenvalue weighted by atomic mass is 16.4. The minimum atomic E-state index is -0.743. The van der Waals surface area contributed by atoms with Crippen molar-refractivity contribution in [2.24, 2.45) is 29.0 Å². The Kier molecular flexibility index (Phi) is 16.3. The molecule has 2 aliphatic rings. The molecule has 4 unspecified atom stereocenters. The van der Waals surface area contributed by atoms with Crippen molar-refractivity contribution in [1.82, 2.24) is 35.1 Å². The van der Waals surface area contributed by atoms with Gasteiger partial charge in [0.25, 0.3) is 0 Å². The molecule has 2 heterocycles. The number of nitrogens with two attached hydrogens (primary N) is 3. The molecular weight excluding hydrogens is 749 g/mol. The SMILES string of the molecule is Cc1cc(C(N)=O)cc(C)c1C[C@@H](CN)N(C)C.Cc1cc(C(N)=O)cc(C)c1C[C@@H](CNC(=O)C1CC1c1ncccn1)N(C)C.O=C(O)C1CC1c1ncccn1. The van der Waals surface area contributed by atoms with Gasteiger partial charge in [-0.05, 0) is 151 Å². The Bertz CT molecular complexity index is 2030. The van der Waals surface area contributed by atoms with Crippen LogP contribution in [0.15, 0.2) is 61.2 Å². The van der Waals surface area contributed by atoms with Gasteiger partial charge >= 0.3 is 5.97 Å². The Morgan fingerprint density at radius 2 is 1.05 bits per heavy atom. The van der Waals surface area contributed by atoms with Crippen molar-refractivity contribution in [1.29, 1.82) is 0 Å². The fourth-order valence-electron chi connectivity index (χ4n) is 7.18. The van der Waals surface area contributed by atoms with Gasteiger partial charge in [-0.1, -0.05) is 0 Å². The summed E-state index contributed by atoms with van der Waals surface area (Å²) < 4.78 is 0. The molecule has 0 radical (unpaired) electrons. The van der Waals surface area contributed by atoms with E-state index in [1.54, 1.807) is 36.9 Å². The van der Waals surface area contributed by atoms with Gasteiger partial charge in [0, 0.05) is 78.8 Å². The molecule has 2 saturated carbocycles. The number of aliphatic carboxylic acids is 1. The van der Waals surface area contributed by atoms with Crippen molar-refractivity contribution in [2.45, 2.75) is 77.3 Å². The molecule has 6 rings (SSSR count). The predicted molar refractivity (Wildman–Crippen MR) is 227 cm³/mol. The molecule has 0 bridgehead atoms. The number of benzene rings is 2. The monoisotopic (exact) mass is 808 g/mol. The first-order chi connectivity index (χ1) is 27.9. The highest BCUT2D eigenvalue weighted by molar-refractivity contribution is 5.94. The molecule has 15 heteroatoms. The second-order valence-electron chi connectivity index (χ2n) is 16.0. The molecular formula is C44H60N10O5. The molecule has 3 amide bonds. The van der Waals surface area contributed by atoms with Crippen LogP contribution in [-0.4, -0.2) is 112 Å². The van der Waals surface area contributed by atoms with Gasteiger partial charge in [0.05, 0.1) is 5.92 Å². The molecule has 0 spiro atoms.